The maximum atomic E-state index is 10.7. The molecule has 0 atom stereocenters. The van der Waals surface area contributed by atoms with Gasteiger partial charge in [-0.15, -0.1) is 0 Å². The number of carbonyl (C=O) groups excluding carboxylic acids is 1. The van der Waals surface area contributed by atoms with Gasteiger partial charge in [0.15, 0.2) is 0 Å². The number of methoxy groups -OCH3 is 1. The molecule has 82 valence electrons. The summed E-state index contributed by atoms with van der Waals surface area (Å²) in [5, 5.41) is 0. The molecule has 0 bridgehead atoms. The van der Waals surface area contributed by atoms with Gasteiger partial charge in [0.1, 0.15) is 0 Å². The van der Waals surface area contributed by atoms with E-state index in [2.05, 4.69) is 11.3 Å². The van der Waals surface area contributed by atoms with Gasteiger partial charge in [0.2, 0.25) is 0 Å². The van der Waals surface area contributed by atoms with E-state index in [-0.39, 0.29) is 24.9 Å². The predicted molar refractivity (Wildman–Crippen MR) is 48.9 cm³/mol. The van der Waals surface area contributed by atoms with E-state index in [4.69, 9.17) is 14.5 Å². The molecule has 0 fully saturated rings. The molecule has 6 nitrogen and oxygen atoms in total. The molecule has 0 rings (SSSR count). The number of hydrogen-bond acceptors (Lipinski definition) is 4. The third-order valence-corrected chi connectivity index (χ3v) is 2.04. The first-order chi connectivity index (χ1) is 6.37. The molecule has 0 amide bonds. The van der Waals surface area contributed by atoms with E-state index in [0.717, 1.165) is 0 Å². The van der Waals surface area contributed by atoms with Gasteiger partial charge in [-0.1, -0.05) is 6.58 Å². The van der Waals surface area contributed by atoms with Crippen LogP contribution in [0.25, 0.3) is 0 Å². The maximum absolute atomic E-state index is 10.7. The summed E-state index contributed by atoms with van der Waals surface area (Å²) >= 11 is 0. The normalized spacial score (nSPS) is 11.1. The Bertz CT molecular complexity index is 255. The second-order valence-electron chi connectivity index (χ2n) is 2.54. The molecule has 0 saturated heterocycles. The first-order valence-electron chi connectivity index (χ1n) is 3.75. The van der Waals surface area contributed by atoms with Crippen LogP contribution in [0.5, 0.6) is 0 Å². The Labute approximate surface area is 81.7 Å². The lowest BCUT2D eigenvalue weighted by molar-refractivity contribution is -0.136. The van der Waals surface area contributed by atoms with E-state index < -0.39 is 13.6 Å². The summed E-state index contributed by atoms with van der Waals surface area (Å²) in [6.45, 7) is 3.15. The van der Waals surface area contributed by atoms with Gasteiger partial charge in [-0.3, -0.25) is 4.57 Å². The van der Waals surface area contributed by atoms with Crippen molar-refractivity contribution in [1.82, 2.24) is 0 Å². The van der Waals surface area contributed by atoms with Crippen molar-refractivity contribution >= 4 is 13.6 Å². The smallest absolute Gasteiger partial charge is 0.335 e. The molecular weight excluding hydrogens is 211 g/mol. The van der Waals surface area contributed by atoms with E-state index in [9.17, 15) is 9.36 Å². The third kappa shape index (κ3) is 6.80. The fourth-order valence-corrected chi connectivity index (χ4v) is 0.949. The summed E-state index contributed by atoms with van der Waals surface area (Å²) in [6.07, 6.45) is -0.374. The molecule has 0 aliphatic heterocycles. The molecule has 0 radical (unpaired) electrons. The Morgan fingerprint density at radius 2 is 2.07 bits per heavy atom. The zero-order chi connectivity index (χ0) is 11.2. The molecule has 0 unspecified atom stereocenters. The molecule has 2 N–H and O–H groups in total. The lowest BCUT2D eigenvalue weighted by Gasteiger charge is -2.06. The molecule has 0 aromatic carbocycles. The second kappa shape index (κ2) is 5.93. The second-order valence-corrected chi connectivity index (χ2v) is 4.31. The Morgan fingerprint density at radius 1 is 1.50 bits per heavy atom. The van der Waals surface area contributed by atoms with Gasteiger partial charge >= 0.3 is 13.6 Å². The van der Waals surface area contributed by atoms with Crippen LogP contribution in [0.2, 0.25) is 0 Å². The average Bonchev–Trinajstić information content (AvgIpc) is 2.09. The molecule has 0 aliphatic rings. The summed E-state index contributed by atoms with van der Waals surface area (Å²) in [4.78, 5) is 27.7. The Hall–Kier alpha value is -0.680. The van der Waals surface area contributed by atoms with E-state index in [1.54, 1.807) is 0 Å². The van der Waals surface area contributed by atoms with Crippen LogP contribution in [0.15, 0.2) is 12.2 Å². The lowest BCUT2D eigenvalue weighted by Crippen LogP contribution is -2.11. The van der Waals surface area contributed by atoms with Crippen molar-refractivity contribution in [2.45, 2.75) is 0 Å². The highest BCUT2D eigenvalue weighted by atomic mass is 31.2. The molecule has 14 heavy (non-hydrogen) atoms. The van der Waals surface area contributed by atoms with E-state index in [1.165, 1.54) is 7.11 Å². The van der Waals surface area contributed by atoms with Crippen molar-refractivity contribution in [1.29, 1.82) is 0 Å². The molecule has 0 aromatic heterocycles. The summed E-state index contributed by atoms with van der Waals surface area (Å²) < 4.78 is 19.5. The van der Waals surface area contributed by atoms with Crippen LogP contribution in [0.1, 0.15) is 0 Å². The maximum Gasteiger partial charge on any atom is 0.335 e. The molecule has 0 heterocycles. The van der Waals surface area contributed by atoms with Gasteiger partial charge in [-0.05, 0) is 0 Å². The Balaban J connectivity index is 3.61. The van der Waals surface area contributed by atoms with E-state index >= 15 is 0 Å². The molecule has 0 saturated carbocycles. The van der Waals surface area contributed by atoms with Crippen molar-refractivity contribution < 1.29 is 28.6 Å². The highest BCUT2D eigenvalue weighted by molar-refractivity contribution is 7.51. The van der Waals surface area contributed by atoms with Gasteiger partial charge in [0.05, 0.1) is 32.1 Å². The fourth-order valence-electron chi connectivity index (χ4n) is 0.582. The number of carbonyl (C=O) groups is 1. The quantitative estimate of drug-likeness (QED) is 0.283. The Kier molecular flexibility index (Phi) is 5.64. The summed E-state index contributed by atoms with van der Waals surface area (Å²) in [5.41, 5.74) is 0.109. The zero-order valence-corrected chi connectivity index (χ0v) is 8.70. The predicted octanol–water partition coefficient (Wildman–Crippen LogP) is -0.0901. The summed E-state index contributed by atoms with van der Waals surface area (Å²) in [5.74, 6) is -0.596. The number of hydrogen-bond donors (Lipinski definition) is 2. The van der Waals surface area contributed by atoms with Crippen LogP contribution in [0, 0.1) is 0 Å². The first kappa shape index (κ1) is 13.3. The fraction of sp³-hybridized carbons (Fsp3) is 0.571. The highest BCUT2D eigenvalue weighted by Crippen LogP contribution is 2.33. The van der Waals surface area contributed by atoms with Crippen LogP contribution < -0.4 is 0 Å². The van der Waals surface area contributed by atoms with Crippen LogP contribution in [0.3, 0.4) is 0 Å². The first-order valence-corrected chi connectivity index (χ1v) is 5.55. The minimum Gasteiger partial charge on any atom is -0.466 e. The van der Waals surface area contributed by atoms with Crippen molar-refractivity contribution in [3.05, 3.63) is 12.2 Å². The lowest BCUT2D eigenvalue weighted by atomic mass is 10.3. The number of ether oxygens (including phenoxy) is 2. The van der Waals surface area contributed by atoms with Crippen LogP contribution in [-0.2, 0) is 18.8 Å². The van der Waals surface area contributed by atoms with Gasteiger partial charge in [-0.2, -0.15) is 0 Å². The van der Waals surface area contributed by atoms with Crippen LogP contribution >= 0.6 is 7.60 Å². The van der Waals surface area contributed by atoms with Crippen LogP contribution in [-0.4, -0.2) is 42.2 Å². The molecule has 7 heteroatoms. The molecule has 0 aromatic rings. The zero-order valence-electron chi connectivity index (χ0n) is 7.80. The highest BCUT2D eigenvalue weighted by Gasteiger charge is 2.13. The van der Waals surface area contributed by atoms with Crippen LogP contribution in [0.4, 0.5) is 0 Å². The van der Waals surface area contributed by atoms with Gasteiger partial charge < -0.3 is 19.3 Å². The minimum atomic E-state index is -4.03. The van der Waals surface area contributed by atoms with E-state index in [0.29, 0.717) is 0 Å². The topological polar surface area (TPSA) is 93.1 Å². The molecular formula is C7H13O6P. The molecule has 0 aliphatic carbocycles. The number of rotatable bonds is 6. The standard InChI is InChI=1S/C7H13O6P/c1-6(7(8)12-2)5-13-3-4-14(9,10)11/h1,3-5H2,2H3,(H2,9,10,11). The van der Waals surface area contributed by atoms with Crippen molar-refractivity contribution in [3.63, 3.8) is 0 Å². The monoisotopic (exact) mass is 224 g/mol. The summed E-state index contributed by atoms with van der Waals surface area (Å²) in [6, 6.07) is 0. The van der Waals surface area contributed by atoms with E-state index in [1.807, 2.05) is 0 Å². The minimum absolute atomic E-state index is 0.0906. The summed E-state index contributed by atoms with van der Waals surface area (Å²) in [7, 11) is -2.82. The van der Waals surface area contributed by atoms with Crippen molar-refractivity contribution in [2.75, 3.05) is 26.5 Å². The van der Waals surface area contributed by atoms with Crippen molar-refractivity contribution in [2.24, 2.45) is 0 Å². The average molecular weight is 224 g/mol. The Morgan fingerprint density at radius 3 is 2.50 bits per heavy atom. The van der Waals surface area contributed by atoms with Gasteiger partial charge in [0.25, 0.3) is 0 Å². The van der Waals surface area contributed by atoms with Gasteiger partial charge in [0, 0.05) is 0 Å². The van der Waals surface area contributed by atoms with Crippen molar-refractivity contribution in [3.8, 4) is 0 Å². The third-order valence-electron chi connectivity index (χ3n) is 1.28. The largest absolute Gasteiger partial charge is 0.466 e. The van der Waals surface area contributed by atoms with Gasteiger partial charge in [-0.25, -0.2) is 4.79 Å². The molecule has 0 spiro atoms. The SMILES string of the molecule is C=C(COCCP(=O)(O)O)C(=O)OC. The number of esters is 1.